The molecule has 88 valence electrons. The minimum atomic E-state index is -0.683. The van der Waals surface area contributed by atoms with Crippen LogP contribution in [0.15, 0.2) is 0 Å². The molecule has 15 heavy (non-hydrogen) atoms. The third-order valence-electron chi connectivity index (χ3n) is 3.18. The van der Waals surface area contributed by atoms with Crippen molar-refractivity contribution in [2.24, 2.45) is 22.3 Å². The molecule has 1 aliphatic carbocycles. The van der Waals surface area contributed by atoms with Crippen molar-refractivity contribution in [3.05, 3.63) is 0 Å². The third-order valence-corrected chi connectivity index (χ3v) is 3.18. The predicted octanol–water partition coefficient (Wildman–Crippen LogP) is 1.63. The Morgan fingerprint density at radius 3 is 2.47 bits per heavy atom. The number of ether oxygens (including phenoxy) is 1. The normalized spacial score (nSPS) is 34.8. The van der Waals surface area contributed by atoms with Crippen molar-refractivity contribution < 1.29 is 9.53 Å². The Morgan fingerprint density at radius 1 is 1.40 bits per heavy atom. The van der Waals surface area contributed by atoms with E-state index in [0.717, 1.165) is 19.3 Å². The van der Waals surface area contributed by atoms with E-state index in [1.807, 2.05) is 0 Å². The van der Waals surface area contributed by atoms with Crippen molar-refractivity contribution in [2.75, 3.05) is 6.54 Å². The second kappa shape index (κ2) is 4.00. The monoisotopic (exact) mass is 214 g/mol. The van der Waals surface area contributed by atoms with Crippen LogP contribution in [0.4, 0.5) is 4.79 Å². The van der Waals surface area contributed by atoms with E-state index >= 15 is 0 Å². The number of hydrogen-bond acceptors (Lipinski definition) is 3. The lowest BCUT2D eigenvalue weighted by atomic mass is 9.63. The number of hydrogen-bond donors (Lipinski definition) is 2. The summed E-state index contributed by atoms with van der Waals surface area (Å²) >= 11 is 0. The minimum absolute atomic E-state index is 0.0574. The molecule has 1 fully saturated rings. The van der Waals surface area contributed by atoms with E-state index in [4.69, 9.17) is 16.2 Å². The largest absolute Gasteiger partial charge is 0.446 e. The maximum atomic E-state index is 10.7. The van der Waals surface area contributed by atoms with E-state index in [2.05, 4.69) is 20.8 Å². The lowest BCUT2D eigenvalue weighted by Crippen LogP contribution is -2.44. The Kier molecular flexibility index (Phi) is 3.28. The van der Waals surface area contributed by atoms with E-state index < -0.39 is 6.09 Å². The molecule has 0 aliphatic heterocycles. The molecule has 2 unspecified atom stereocenters. The quantitative estimate of drug-likeness (QED) is 0.733. The number of carbonyl (C=O) groups excluding carboxylic acids is 1. The van der Waals surface area contributed by atoms with Gasteiger partial charge in [0, 0.05) is 0 Å². The van der Waals surface area contributed by atoms with Crippen molar-refractivity contribution in [2.45, 2.75) is 46.1 Å². The second-order valence-corrected chi connectivity index (χ2v) is 5.82. The van der Waals surface area contributed by atoms with Crippen LogP contribution in [0.5, 0.6) is 0 Å². The summed E-state index contributed by atoms with van der Waals surface area (Å²) < 4.78 is 5.11. The zero-order chi connectivity index (χ0) is 11.7. The Balaban J connectivity index is 2.72. The molecule has 2 atom stereocenters. The van der Waals surface area contributed by atoms with Gasteiger partial charge in [-0.3, -0.25) is 0 Å². The van der Waals surface area contributed by atoms with Gasteiger partial charge in [-0.15, -0.1) is 0 Å². The summed E-state index contributed by atoms with van der Waals surface area (Å²) in [7, 11) is 0. The first-order valence-corrected chi connectivity index (χ1v) is 5.43. The van der Waals surface area contributed by atoms with Gasteiger partial charge in [-0.05, 0) is 36.6 Å². The molecular weight excluding hydrogens is 192 g/mol. The molecule has 0 heterocycles. The Morgan fingerprint density at radius 2 is 2.00 bits per heavy atom. The average Bonchev–Trinajstić information content (AvgIpc) is 1.98. The molecule has 0 bridgehead atoms. The fraction of sp³-hybridized carbons (Fsp3) is 0.909. The van der Waals surface area contributed by atoms with Crippen LogP contribution >= 0.6 is 0 Å². The molecule has 0 radical (unpaired) electrons. The molecule has 0 aromatic heterocycles. The highest BCUT2D eigenvalue weighted by Gasteiger charge is 2.41. The van der Waals surface area contributed by atoms with Gasteiger partial charge in [0.05, 0.1) is 0 Å². The molecule has 0 spiro atoms. The van der Waals surface area contributed by atoms with Gasteiger partial charge in [0.1, 0.15) is 6.10 Å². The summed E-state index contributed by atoms with van der Waals surface area (Å²) in [6.07, 6.45) is 1.98. The van der Waals surface area contributed by atoms with E-state index in [1.54, 1.807) is 0 Å². The Bertz CT molecular complexity index is 253. The van der Waals surface area contributed by atoms with Crippen molar-refractivity contribution in [3.8, 4) is 0 Å². The fourth-order valence-corrected chi connectivity index (χ4v) is 2.94. The van der Waals surface area contributed by atoms with Crippen LogP contribution in [0.3, 0.4) is 0 Å². The lowest BCUT2D eigenvalue weighted by Gasteiger charge is -2.45. The molecule has 0 aromatic rings. The van der Waals surface area contributed by atoms with E-state index in [9.17, 15) is 4.79 Å². The maximum Gasteiger partial charge on any atom is 0.404 e. The van der Waals surface area contributed by atoms with Gasteiger partial charge in [-0.1, -0.05) is 20.8 Å². The van der Waals surface area contributed by atoms with Crippen LogP contribution in [0.25, 0.3) is 0 Å². The predicted molar refractivity (Wildman–Crippen MR) is 59.2 cm³/mol. The smallest absolute Gasteiger partial charge is 0.404 e. The molecule has 1 rings (SSSR count). The zero-order valence-corrected chi connectivity index (χ0v) is 9.88. The number of amides is 1. The standard InChI is InChI=1S/C11H22N2O2/c1-10(2)4-8(15-9(13)14)5-11(3,6-10)7-12/h8H,4-7,12H2,1-3H3,(H2,13,14). The molecular formula is C11H22N2O2. The summed E-state index contributed by atoms with van der Waals surface area (Å²) in [6.45, 7) is 7.12. The highest BCUT2D eigenvalue weighted by atomic mass is 16.6. The number of carbonyl (C=O) groups is 1. The Hall–Kier alpha value is -0.770. The van der Waals surface area contributed by atoms with Crippen LogP contribution in [-0.4, -0.2) is 18.7 Å². The molecule has 1 saturated carbocycles. The number of nitrogens with two attached hydrogens (primary N) is 2. The highest BCUT2D eigenvalue weighted by Crippen LogP contribution is 2.46. The first-order chi connectivity index (χ1) is 6.76. The lowest BCUT2D eigenvalue weighted by molar-refractivity contribution is -0.0136. The summed E-state index contributed by atoms with van der Waals surface area (Å²) in [6, 6.07) is 0. The first-order valence-electron chi connectivity index (χ1n) is 5.43. The second-order valence-electron chi connectivity index (χ2n) is 5.82. The first kappa shape index (κ1) is 12.3. The van der Waals surface area contributed by atoms with Gasteiger partial charge >= 0.3 is 6.09 Å². The van der Waals surface area contributed by atoms with Crippen LogP contribution in [0.1, 0.15) is 40.0 Å². The summed E-state index contributed by atoms with van der Waals surface area (Å²) in [5.74, 6) is 0. The average molecular weight is 214 g/mol. The summed E-state index contributed by atoms with van der Waals surface area (Å²) in [5, 5.41) is 0. The van der Waals surface area contributed by atoms with Crippen molar-refractivity contribution in [1.29, 1.82) is 0 Å². The minimum Gasteiger partial charge on any atom is -0.446 e. The van der Waals surface area contributed by atoms with Crippen molar-refractivity contribution >= 4 is 6.09 Å². The van der Waals surface area contributed by atoms with Gasteiger partial charge in [0.15, 0.2) is 0 Å². The van der Waals surface area contributed by atoms with Crippen LogP contribution in [0, 0.1) is 10.8 Å². The van der Waals surface area contributed by atoms with Crippen molar-refractivity contribution in [3.63, 3.8) is 0 Å². The number of rotatable bonds is 2. The molecule has 4 heteroatoms. The van der Waals surface area contributed by atoms with Gasteiger partial charge < -0.3 is 16.2 Å². The van der Waals surface area contributed by atoms with Crippen LogP contribution in [0.2, 0.25) is 0 Å². The van der Waals surface area contributed by atoms with Crippen LogP contribution in [-0.2, 0) is 4.74 Å². The van der Waals surface area contributed by atoms with Crippen molar-refractivity contribution in [1.82, 2.24) is 0 Å². The summed E-state index contributed by atoms with van der Waals surface area (Å²) in [4.78, 5) is 10.7. The SMILES string of the molecule is CC1(C)CC(OC(N)=O)CC(C)(CN)C1. The van der Waals surface area contributed by atoms with Gasteiger partial charge in [-0.2, -0.15) is 0 Å². The molecule has 1 aliphatic rings. The molecule has 4 N–H and O–H groups in total. The van der Waals surface area contributed by atoms with Gasteiger partial charge in [0.2, 0.25) is 0 Å². The molecule has 1 amide bonds. The molecule has 4 nitrogen and oxygen atoms in total. The fourth-order valence-electron chi connectivity index (χ4n) is 2.94. The summed E-state index contributed by atoms with van der Waals surface area (Å²) in [5.41, 5.74) is 11.0. The topological polar surface area (TPSA) is 78.3 Å². The van der Waals surface area contributed by atoms with E-state index in [1.165, 1.54) is 0 Å². The number of primary amides is 1. The highest BCUT2D eigenvalue weighted by molar-refractivity contribution is 5.64. The zero-order valence-electron chi connectivity index (χ0n) is 9.88. The molecule has 0 saturated heterocycles. The van der Waals surface area contributed by atoms with Gasteiger partial charge in [-0.25, -0.2) is 4.79 Å². The maximum absolute atomic E-state index is 10.7. The van der Waals surface area contributed by atoms with Crippen LogP contribution < -0.4 is 11.5 Å². The molecule has 0 aromatic carbocycles. The Labute approximate surface area is 91.3 Å². The van der Waals surface area contributed by atoms with E-state index in [0.29, 0.717) is 6.54 Å². The third kappa shape index (κ3) is 3.38. The van der Waals surface area contributed by atoms with Gasteiger partial charge in [0.25, 0.3) is 0 Å². The van der Waals surface area contributed by atoms with E-state index in [-0.39, 0.29) is 16.9 Å².